The van der Waals surface area contributed by atoms with E-state index in [1.165, 1.54) is 0 Å². The zero-order chi connectivity index (χ0) is 18.9. The first-order chi connectivity index (χ1) is 13.1. The minimum Gasteiger partial charge on any atom is -0.445 e. The minimum atomic E-state index is -1.25. The van der Waals surface area contributed by atoms with E-state index in [1.54, 1.807) is 19.1 Å². The van der Waals surface area contributed by atoms with Crippen LogP contribution in [0.5, 0.6) is 0 Å². The van der Waals surface area contributed by atoms with Gasteiger partial charge in [-0.2, -0.15) is 0 Å². The molecule has 2 aliphatic heterocycles. The van der Waals surface area contributed by atoms with Gasteiger partial charge in [-0.1, -0.05) is 30.3 Å². The highest BCUT2D eigenvalue weighted by molar-refractivity contribution is 6.03. The summed E-state index contributed by atoms with van der Waals surface area (Å²) in [6, 6.07) is 14.9. The molecular weight excluding hydrogens is 344 g/mol. The second-order valence-corrected chi connectivity index (χ2v) is 7.02. The molecule has 0 saturated carbocycles. The molecule has 0 unspecified atom stereocenters. The summed E-state index contributed by atoms with van der Waals surface area (Å²) in [6.07, 6.45) is 0.348. The van der Waals surface area contributed by atoms with E-state index in [1.807, 2.05) is 36.4 Å². The number of carbonyl (C=O) groups excluding carboxylic acids is 2. The van der Waals surface area contributed by atoms with Gasteiger partial charge in [0.05, 0.1) is 30.2 Å². The number of nitrogens with one attached hydrogen (secondary N) is 1. The van der Waals surface area contributed by atoms with Gasteiger partial charge in [0.1, 0.15) is 0 Å². The summed E-state index contributed by atoms with van der Waals surface area (Å²) in [4.78, 5) is 27.6. The fourth-order valence-electron chi connectivity index (χ4n) is 3.57. The molecule has 1 amide bonds. The maximum Gasteiger partial charge on any atom is 0.339 e. The number of morpholine rings is 1. The molecule has 2 aliphatic rings. The van der Waals surface area contributed by atoms with Crippen LogP contribution in [0.3, 0.4) is 0 Å². The normalized spacial score (nSPS) is 22.0. The van der Waals surface area contributed by atoms with E-state index < -0.39 is 11.6 Å². The first-order valence-corrected chi connectivity index (χ1v) is 9.11. The summed E-state index contributed by atoms with van der Waals surface area (Å²) >= 11 is 0. The Kier molecular flexibility index (Phi) is 4.58. The Bertz CT molecular complexity index is 876. The topological polar surface area (TPSA) is 67.9 Å². The largest absolute Gasteiger partial charge is 0.445 e. The number of cyclic esters (lactones) is 1. The van der Waals surface area contributed by atoms with Crippen molar-refractivity contribution in [3.63, 3.8) is 0 Å². The average molecular weight is 366 g/mol. The van der Waals surface area contributed by atoms with Gasteiger partial charge in [0, 0.05) is 19.5 Å². The van der Waals surface area contributed by atoms with Gasteiger partial charge in [0.2, 0.25) is 0 Å². The molecule has 27 heavy (non-hydrogen) atoms. The highest BCUT2D eigenvalue weighted by Gasteiger charge is 2.42. The number of ether oxygens (including phenoxy) is 2. The Morgan fingerprint density at radius 3 is 2.59 bits per heavy atom. The van der Waals surface area contributed by atoms with Gasteiger partial charge in [0.15, 0.2) is 5.60 Å². The molecule has 140 valence electrons. The van der Waals surface area contributed by atoms with Gasteiger partial charge < -0.3 is 19.7 Å². The van der Waals surface area contributed by atoms with Gasteiger partial charge in [-0.05, 0) is 30.7 Å². The number of rotatable bonds is 3. The number of carbonyl (C=O) groups is 2. The van der Waals surface area contributed by atoms with Crippen LogP contribution in [0.15, 0.2) is 48.5 Å². The average Bonchev–Trinajstić information content (AvgIpc) is 2.69. The Balaban J connectivity index is 1.57. The number of hydrogen-bond donors (Lipinski definition) is 1. The minimum absolute atomic E-state index is 0.328. The van der Waals surface area contributed by atoms with E-state index in [0.717, 1.165) is 24.3 Å². The fraction of sp³-hybridized carbons (Fsp3) is 0.333. The van der Waals surface area contributed by atoms with E-state index in [-0.39, 0.29) is 5.91 Å². The van der Waals surface area contributed by atoms with Crippen molar-refractivity contribution in [1.82, 2.24) is 0 Å². The smallest absolute Gasteiger partial charge is 0.339 e. The Morgan fingerprint density at radius 1 is 1.07 bits per heavy atom. The molecule has 6 nitrogen and oxygen atoms in total. The summed E-state index contributed by atoms with van der Waals surface area (Å²) in [5, 5.41) is 2.97. The third-order valence-electron chi connectivity index (χ3n) is 5.07. The van der Waals surface area contributed by atoms with Crippen LogP contribution in [0.2, 0.25) is 0 Å². The highest BCUT2D eigenvalue weighted by Crippen LogP contribution is 2.31. The quantitative estimate of drug-likeness (QED) is 0.846. The van der Waals surface area contributed by atoms with Crippen LogP contribution in [-0.2, 0) is 20.7 Å². The Hall–Kier alpha value is -2.86. The first kappa shape index (κ1) is 17.5. The van der Waals surface area contributed by atoms with E-state index in [9.17, 15) is 9.59 Å². The third kappa shape index (κ3) is 3.40. The van der Waals surface area contributed by atoms with Crippen LogP contribution in [0.25, 0.3) is 0 Å². The SMILES string of the molecule is C[C@@]1(C(=O)Nc2ccccc2N2CCOCC2)Cc2ccccc2C(=O)O1. The lowest BCUT2D eigenvalue weighted by Gasteiger charge is -2.34. The number of para-hydroxylation sites is 2. The number of fused-ring (bicyclic) bond motifs is 1. The zero-order valence-corrected chi connectivity index (χ0v) is 15.2. The van der Waals surface area contributed by atoms with Crippen molar-refractivity contribution in [2.75, 3.05) is 36.5 Å². The number of hydrogen-bond acceptors (Lipinski definition) is 5. The first-order valence-electron chi connectivity index (χ1n) is 9.11. The predicted molar refractivity (Wildman–Crippen MR) is 102 cm³/mol. The lowest BCUT2D eigenvalue weighted by atomic mass is 9.89. The van der Waals surface area contributed by atoms with E-state index in [0.29, 0.717) is 30.9 Å². The monoisotopic (exact) mass is 366 g/mol. The van der Waals surface area contributed by atoms with Gasteiger partial charge in [-0.15, -0.1) is 0 Å². The molecular formula is C21H22N2O4. The number of benzene rings is 2. The van der Waals surface area contributed by atoms with Crippen molar-refractivity contribution in [1.29, 1.82) is 0 Å². The molecule has 0 aromatic heterocycles. The van der Waals surface area contributed by atoms with Gasteiger partial charge in [0.25, 0.3) is 5.91 Å². The van der Waals surface area contributed by atoms with Crippen molar-refractivity contribution >= 4 is 23.3 Å². The highest BCUT2D eigenvalue weighted by atomic mass is 16.6. The molecule has 2 aromatic carbocycles. The summed E-state index contributed by atoms with van der Waals surface area (Å²) in [7, 11) is 0. The number of nitrogens with zero attached hydrogens (tertiary/aromatic N) is 1. The molecule has 0 radical (unpaired) electrons. The van der Waals surface area contributed by atoms with Crippen LogP contribution in [0.1, 0.15) is 22.8 Å². The molecule has 0 spiro atoms. The second-order valence-electron chi connectivity index (χ2n) is 7.02. The molecule has 2 heterocycles. The van der Waals surface area contributed by atoms with Crippen LogP contribution in [-0.4, -0.2) is 43.8 Å². The van der Waals surface area contributed by atoms with Crippen molar-refractivity contribution in [2.24, 2.45) is 0 Å². The summed E-state index contributed by atoms with van der Waals surface area (Å²) < 4.78 is 10.9. The molecule has 4 rings (SSSR count). The molecule has 0 bridgehead atoms. The Labute approximate surface area is 158 Å². The molecule has 2 aromatic rings. The van der Waals surface area contributed by atoms with Gasteiger partial charge >= 0.3 is 5.97 Å². The van der Waals surface area contributed by atoms with E-state index in [4.69, 9.17) is 9.47 Å². The van der Waals surface area contributed by atoms with E-state index in [2.05, 4.69) is 10.2 Å². The second kappa shape index (κ2) is 7.04. The van der Waals surface area contributed by atoms with Crippen LogP contribution in [0, 0.1) is 0 Å². The molecule has 0 aliphatic carbocycles. The third-order valence-corrected chi connectivity index (χ3v) is 5.07. The van der Waals surface area contributed by atoms with Gasteiger partial charge in [-0.3, -0.25) is 4.79 Å². The lowest BCUT2D eigenvalue weighted by molar-refractivity contribution is -0.134. The molecule has 1 fully saturated rings. The van der Waals surface area contributed by atoms with Crippen molar-refractivity contribution < 1.29 is 19.1 Å². The number of esters is 1. The standard InChI is InChI=1S/C21H22N2O4/c1-21(14-15-6-2-3-7-16(15)19(24)27-21)20(25)22-17-8-4-5-9-18(17)23-10-12-26-13-11-23/h2-9H,10-14H2,1H3,(H,22,25)/t21-/m0/s1. The molecule has 1 atom stereocenters. The van der Waals surface area contributed by atoms with Crippen molar-refractivity contribution in [3.8, 4) is 0 Å². The molecule has 6 heteroatoms. The summed E-state index contributed by atoms with van der Waals surface area (Å²) in [5.74, 6) is -0.790. The molecule has 1 saturated heterocycles. The number of anilines is 2. The summed E-state index contributed by atoms with van der Waals surface area (Å²) in [5.41, 5.74) is 1.76. The fourth-order valence-corrected chi connectivity index (χ4v) is 3.57. The zero-order valence-electron chi connectivity index (χ0n) is 15.2. The van der Waals surface area contributed by atoms with Crippen molar-refractivity contribution in [2.45, 2.75) is 18.9 Å². The lowest BCUT2D eigenvalue weighted by Crippen LogP contribution is -2.49. The molecule has 1 N–H and O–H groups in total. The Morgan fingerprint density at radius 2 is 1.78 bits per heavy atom. The van der Waals surface area contributed by atoms with Crippen LogP contribution >= 0.6 is 0 Å². The van der Waals surface area contributed by atoms with Crippen LogP contribution in [0.4, 0.5) is 11.4 Å². The predicted octanol–water partition coefficient (Wildman–Crippen LogP) is 2.63. The van der Waals surface area contributed by atoms with Crippen LogP contribution < -0.4 is 10.2 Å². The maximum atomic E-state index is 13.0. The maximum absolute atomic E-state index is 13.0. The van der Waals surface area contributed by atoms with E-state index >= 15 is 0 Å². The van der Waals surface area contributed by atoms with Gasteiger partial charge in [-0.25, -0.2) is 4.79 Å². The number of amides is 1. The summed E-state index contributed by atoms with van der Waals surface area (Å²) in [6.45, 7) is 4.52. The van der Waals surface area contributed by atoms with Crippen molar-refractivity contribution in [3.05, 3.63) is 59.7 Å².